The van der Waals surface area contributed by atoms with Gasteiger partial charge >= 0.3 is 0 Å². The summed E-state index contributed by atoms with van der Waals surface area (Å²) in [6, 6.07) is 7.91. The van der Waals surface area contributed by atoms with E-state index in [4.69, 9.17) is 4.74 Å². The number of tetrazole rings is 1. The number of ether oxygens (including phenoxy) is 1. The van der Waals surface area contributed by atoms with Crippen molar-refractivity contribution in [2.75, 3.05) is 19.5 Å². The van der Waals surface area contributed by atoms with Gasteiger partial charge in [-0.2, -0.15) is 4.68 Å². The second-order valence-corrected chi connectivity index (χ2v) is 7.29. The smallest absolute Gasteiger partial charge is 0.214 e. The molecule has 3 rings (SSSR count). The highest BCUT2D eigenvalue weighted by Gasteiger charge is 2.18. The molecule has 148 valence electrons. The fourth-order valence-electron chi connectivity index (χ4n) is 3.04. The summed E-state index contributed by atoms with van der Waals surface area (Å²) < 4.78 is 22.1. The Balaban J connectivity index is 1.70. The van der Waals surface area contributed by atoms with E-state index < -0.39 is 0 Å². The summed E-state index contributed by atoms with van der Waals surface area (Å²) >= 11 is 1.23. The number of methoxy groups -OCH3 is 1. The number of thioether (sulfide) groups is 1. The van der Waals surface area contributed by atoms with Crippen LogP contribution in [0.5, 0.6) is 0 Å². The first-order chi connectivity index (χ1) is 13.5. The zero-order valence-electron chi connectivity index (χ0n) is 16.1. The molecule has 0 unspecified atom stereocenters. The fraction of sp³-hybridized carbons (Fsp3) is 0.368. The van der Waals surface area contributed by atoms with E-state index >= 15 is 0 Å². The minimum Gasteiger partial charge on any atom is -0.385 e. The lowest BCUT2D eigenvalue weighted by Crippen LogP contribution is -2.08. The molecule has 0 fully saturated rings. The van der Waals surface area contributed by atoms with Gasteiger partial charge in [0.25, 0.3) is 0 Å². The van der Waals surface area contributed by atoms with Gasteiger partial charge in [0.2, 0.25) is 5.16 Å². The SMILES string of the molecule is COCCCn1c(C)cc(C(=O)CSc2nnnn2-c2cccc(F)c2)c1C. The molecule has 2 heterocycles. The Morgan fingerprint density at radius 2 is 2.11 bits per heavy atom. The number of aryl methyl sites for hydroxylation is 1. The van der Waals surface area contributed by atoms with Crippen LogP contribution in [0.4, 0.5) is 4.39 Å². The van der Waals surface area contributed by atoms with Crippen molar-refractivity contribution in [3.05, 3.63) is 53.1 Å². The molecular weight excluding hydrogens is 381 g/mol. The summed E-state index contributed by atoms with van der Waals surface area (Å²) in [6.07, 6.45) is 0.887. The lowest BCUT2D eigenvalue weighted by atomic mass is 10.2. The molecule has 0 saturated heterocycles. The van der Waals surface area contributed by atoms with E-state index in [0.29, 0.717) is 23.0 Å². The minimum absolute atomic E-state index is 0.00452. The molecule has 0 radical (unpaired) electrons. The standard InChI is InChI=1S/C19H22FN5O2S/c1-13-10-17(14(2)24(13)8-5-9-27-3)18(26)12-28-19-21-22-23-25(19)16-7-4-6-15(20)11-16/h4,6-7,10-11H,5,8-9,12H2,1-3H3. The van der Waals surface area contributed by atoms with E-state index in [1.165, 1.54) is 28.6 Å². The Bertz CT molecular complexity index is 969. The predicted molar refractivity (Wildman–Crippen MR) is 105 cm³/mol. The zero-order chi connectivity index (χ0) is 20.1. The Labute approximate surface area is 166 Å². The van der Waals surface area contributed by atoms with E-state index in [0.717, 1.165) is 24.4 Å². The largest absolute Gasteiger partial charge is 0.385 e. The molecule has 0 N–H and O–H groups in total. The molecule has 0 aliphatic carbocycles. The van der Waals surface area contributed by atoms with E-state index in [2.05, 4.69) is 20.1 Å². The van der Waals surface area contributed by atoms with Crippen molar-refractivity contribution in [3.8, 4) is 5.69 Å². The number of halogens is 1. The third-order valence-electron chi connectivity index (χ3n) is 4.43. The van der Waals surface area contributed by atoms with Crippen molar-refractivity contribution < 1.29 is 13.9 Å². The maximum atomic E-state index is 13.5. The summed E-state index contributed by atoms with van der Waals surface area (Å²) in [6.45, 7) is 5.44. The van der Waals surface area contributed by atoms with Crippen molar-refractivity contribution in [2.45, 2.75) is 32.0 Å². The number of carbonyl (C=O) groups excluding carboxylic acids is 1. The van der Waals surface area contributed by atoms with Crippen LogP contribution >= 0.6 is 11.8 Å². The van der Waals surface area contributed by atoms with Crippen molar-refractivity contribution in [1.82, 2.24) is 24.8 Å². The number of nitrogens with zero attached hydrogens (tertiary/aromatic N) is 5. The Morgan fingerprint density at radius 1 is 1.29 bits per heavy atom. The third-order valence-corrected chi connectivity index (χ3v) is 5.35. The number of hydrogen-bond donors (Lipinski definition) is 0. The van der Waals surface area contributed by atoms with Crippen molar-refractivity contribution in [3.63, 3.8) is 0 Å². The van der Waals surface area contributed by atoms with Gasteiger partial charge in [-0.25, -0.2) is 4.39 Å². The van der Waals surface area contributed by atoms with Crippen LogP contribution in [0, 0.1) is 19.7 Å². The highest BCUT2D eigenvalue weighted by molar-refractivity contribution is 7.99. The van der Waals surface area contributed by atoms with Crippen LogP contribution in [0.25, 0.3) is 5.69 Å². The van der Waals surface area contributed by atoms with Gasteiger partial charge in [0.15, 0.2) is 5.78 Å². The summed E-state index contributed by atoms with van der Waals surface area (Å²) in [5.41, 5.74) is 3.21. The first-order valence-electron chi connectivity index (χ1n) is 8.87. The maximum absolute atomic E-state index is 13.5. The Morgan fingerprint density at radius 3 is 2.86 bits per heavy atom. The highest BCUT2D eigenvalue weighted by atomic mass is 32.2. The molecule has 7 nitrogen and oxygen atoms in total. The summed E-state index contributed by atoms with van der Waals surface area (Å²) in [5.74, 6) is -0.177. The van der Waals surface area contributed by atoms with E-state index in [-0.39, 0.29) is 17.4 Å². The topological polar surface area (TPSA) is 74.8 Å². The summed E-state index contributed by atoms with van der Waals surface area (Å²) in [5, 5.41) is 11.9. The maximum Gasteiger partial charge on any atom is 0.214 e. The van der Waals surface area contributed by atoms with Crippen LogP contribution in [0.15, 0.2) is 35.5 Å². The molecule has 3 aromatic rings. The second kappa shape index (κ2) is 9.11. The highest BCUT2D eigenvalue weighted by Crippen LogP contribution is 2.22. The average Bonchev–Trinajstić information content (AvgIpc) is 3.26. The lowest BCUT2D eigenvalue weighted by Gasteiger charge is -2.09. The summed E-state index contributed by atoms with van der Waals surface area (Å²) in [7, 11) is 1.68. The van der Waals surface area contributed by atoms with E-state index in [9.17, 15) is 9.18 Å². The third kappa shape index (κ3) is 4.48. The molecule has 0 spiro atoms. The second-order valence-electron chi connectivity index (χ2n) is 6.35. The molecule has 2 aromatic heterocycles. The number of benzene rings is 1. The lowest BCUT2D eigenvalue weighted by molar-refractivity contribution is 0.102. The van der Waals surface area contributed by atoms with Gasteiger partial charge in [0.1, 0.15) is 5.82 Å². The van der Waals surface area contributed by atoms with Crippen LogP contribution in [-0.2, 0) is 11.3 Å². The van der Waals surface area contributed by atoms with Crippen LogP contribution in [-0.4, -0.2) is 50.0 Å². The minimum atomic E-state index is -0.374. The van der Waals surface area contributed by atoms with Crippen molar-refractivity contribution in [2.24, 2.45) is 0 Å². The first kappa shape index (κ1) is 20.2. The van der Waals surface area contributed by atoms with Crippen LogP contribution in [0.1, 0.15) is 28.2 Å². The first-order valence-corrected chi connectivity index (χ1v) is 9.85. The normalized spacial score (nSPS) is 11.1. The van der Waals surface area contributed by atoms with Crippen LogP contribution in [0.2, 0.25) is 0 Å². The van der Waals surface area contributed by atoms with Crippen molar-refractivity contribution in [1.29, 1.82) is 0 Å². The van der Waals surface area contributed by atoms with E-state index in [1.807, 2.05) is 19.9 Å². The molecule has 0 aliphatic heterocycles. The molecule has 1 aromatic carbocycles. The molecule has 0 aliphatic rings. The fourth-order valence-corrected chi connectivity index (χ4v) is 3.82. The quantitative estimate of drug-likeness (QED) is 0.310. The number of Topliss-reactive ketones (excluding diaryl/α,β-unsaturated/α-hetero) is 1. The number of carbonyl (C=O) groups is 1. The number of hydrogen-bond acceptors (Lipinski definition) is 6. The number of ketones is 1. The van der Waals surface area contributed by atoms with Crippen molar-refractivity contribution >= 4 is 17.5 Å². The Hall–Kier alpha value is -2.52. The predicted octanol–water partition coefficient (Wildman–Crippen LogP) is 3.23. The van der Waals surface area contributed by atoms with Gasteiger partial charge in [0.05, 0.1) is 11.4 Å². The zero-order valence-corrected chi connectivity index (χ0v) is 16.9. The molecule has 9 heteroatoms. The van der Waals surface area contributed by atoms with Gasteiger partial charge in [-0.05, 0) is 55.0 Å². The van der Waals surface area contributed by atoms with Gasteiger partial charge in [-0.15, -0.1) is 5.10 Å². The molecule has 0 saturated carbocycles. The van der Waals surface area contributed by atoms with Crippen LogP contribution in [0.3, 0.4) is 0 Å². The monoisotopic (exact) mass is 403 g/mol. The van der Waals surface area contributed by atoms with Gasteiger partial charge in [0, 0.05) is 37.2 Å². The summed E-state index contributed by atoms with van der Waals surface area (Å²) in [4.78, 5) is 12.8. The molecule has 0 bridgehead atoms. The van der Waals surface area contributed by atoms with E-state index in [1.54, 1.807) is 19.2 Å². The molecule has 0 amide bonds. The average molecular weight is 403 g/mol. The Kier molecular flexibility index (Phi) is 6.58. The van der Waals surface area contributed by atoms with Gasteiger partial charge in [-0.1, -0.05) is 17.8 Å². The van der Waals surface area contributed by atoms with Crippen LogP contribution < -0.4 is 0 Å². The number of rotatable bonds is 9. The molecular formula is C19H22FN5O2S. The van der Waals surface area contributed by atoms with Gasteiger partial charge < -0.3 is 9.30 Å². The molecule has 0 atom stereocenters. The molecule has 28 heavy (non-hydrogen) atoms. The van der Waals surface area contributed by atoms with Gasteiger partial charge in [-0.3, -0.25) is 4.79 Å². The number of aromatic nitrogens is 5.